The van der Waals surface area contributed by atoms with Crippen LogP contribution >= 0.6 is 12.4 Å². The maximum absolute atomic E-state index is 13.0. The van der Waals surface area contributed by atoms with Crippen LogP contribution in [0.15, 0.2) is 24.3 Å². The largest absolute Gasteiger partial charge is 0.337 e. The van der Waals surface area contributed by atoms with E-state index in [4.69, 9.17) is 0 Å². The lowest BCUT2D eigenvalue weighted by Crippen LogP contribution is -2.57. The van der Waals surface area contributed by atoms with E-state index in [0.29, 0.717) is 19.0 Å². The zero-order valence-corrected chi connectivity index (χ0v) is 17.4. The Morgan fingerprint density at radius 2 is 1.71 bits per heavy atom. The Morgan fingerprint density at radius 1 is 0.964 bits per heavy atom. The fourth-order valence-electron chi connectivity index (χ4n) is 4.92. The summed E-state index contributed by atoms with van der Waals surface area (Å²) in [7, 11) is 0. The second-order valence-electron chi connectivity index (χ2n) is 8.27. The minimum Gasteiger partial charge on any atom is -0.337 e. The number of piperazine rings is 1. The van der Waals surface area contributed by atoms with Crippen molar-refractivity contribution in [3.8, 4) is 0 Å². The number of nitrogens with zero attached hydrogens (tertiary/aromatic N) is 2. The number of nitrogens with one attached hydrogen (secondary N) is 1. The van der Waals surface area contributed by atoms with Crippen LogP contribution in [-0.4, -0.2) is 60.4 Å². The van der Waals surface area contributed by atoms with Crippen LogP contribution in [0.5, 0.6) is 0 Å². The maximum atomic E-state index is 13.0. The van der Waals surface area contributed by atoms with Gasteiger partial charge < -0.3 is 15.1 Å². The molecule has 2 saturated heterocycles. The lowest BCUT2D eigenvalue weighted by atomic mass is 9.84. The topological polar surface area (TPSA) is 52.7 Å². The molecule has 3 aliphatic rings. The summed E-state index contributed by atoms with van der Waals surface area (Å²) in [4.78, 5) is 29.1. The molecule has 1 aliphatic carbocycles. The van der Waals surface area contributed by atoms with E-state index in [2.05, 4.69) is 17.4 Å². The van der Waals surface area contributed by atoms with Gasteiger partial charge in [0.2, 0.25) is 5.91 Å². The highest BCUT2D eigenvalue weighted by atomic mass is 35.5. The molecule has 28 heavy (non-hydrogen) atoms. The molecule has 1 aromatic rings. The molecular weight excluding hydrogens is 374 g/mol. The van der Waals surface area contributed by atoms with Crippen molar-refractivity contribution in [3.63, 3.8) is 0 Å². The highest BCUT2D eigenvalue weighted by Gasteiger charge is 2.32. The first-order valence-corrected chi connectivity index (χ1v) is 10.6. The second kappa shape index (κ2) is 9.75. The summed E-state index contributed by atoms with van der Waals surface area (Å²) in [6, 6.07) is 8.49. The minimum absolute atomic E-state index is 0. The van der Waals surface area contributed by atoms with Gasteiger partial charge in [-0.05, 0) is 49.3 Å². The molecular formula is C22H32ClN3O2. The van der Waals surface area contributed by atoms with Gasteiger partial charge in [-0.15, -0.1) is 12.4 Å². The number of halogens is 1. The van der Waals surface area contributed by atoms with E-state index in [9.17, 15) is 9.59 Å². The number of carbonyl (C=O) groups excluding carboxylic acids is 2. The molecule has 0 aromatic heterocycles. The van der Waals surface area contributed by atoms with E-state index in [-0.39, 0.29) is 30.3 Å². The van der Waals surface area contributed by atoms with Crippen LogP contribution in [0.3, 0.4) is 0 Å². The fraction of sp³-hybridized carbons (Fsp3) is 0.636. The van der Waals surface area contributed by atoms with Gasteiger partial charge in [-0.1, -0.05) is 31.4 Å². The van der Waals surface area contributed by atoms with Crippen molar-refractivity contribution in [1.82, 2.24) is 15.1 Å². The van der Waals surface area contributed by atoms with E-state index in [1.54, 1.807) is 0 Å². The molecule has 5 nitrogen and oxygen atoms in total. The van der Waals surface area contributed by atoms with Crippen molar-refractivity contribution < 1.29 is 9.59 Å². The monoisotopic (exact) mass is 405 g/mol. The molecule has 1 unspecified atom stereocenters. The summed E-state index contributed by atoms with van der Waals surface area (Å²) in [6.45, 7) is 3.47. The Balaban J connectivity index is 0.00000225. The summed E-state index contributed by atoms with van der Waals surface area (Å²) in [5.41, 5.74) is 2.16. The summed E-state index contributed by atoms with van der Waals surface area (Å²) < 4.78 is 0. The van der Waals surface area contributed by atoms with Crippen molar-refractivity contribution in [1.29, 1.82) is 0 Å². The molecule has 0 spiro atoms. The van der Waals surface area contributed by atoms with Gasteiger partial charge in [0.1, 0.15) is 0 Å². The molecule has 1 aromatic carbocycles. The third-order valence-corrected chi connectivity index (χ3v) is 6.48. The number of hydrogen-bond acceptors (Lipinski definition) is 3. The molecule has 6 heteroatoms. The van der Waals surface area contributed by atoms with Crippen LogP contribution in [0.1, 0.15) is 66.8 Å². The van der Waals surface area contributed by atoms with Gasteiger partial charge in [0.25, 0.3) is 5.91 Å². The first kappa shape index (κ1) is 21.1. The third kappa shape index (κ3) is 4.69. The molecule has 0 bridgehead atoms. The normalized spacial score (nSPS) is 24.0. The Kier molecular flexibility index (Phi) is 7.36. The number of rotatable bonds is 3. The summed E-state index contributed by atoms with van der Waals surface area (Å²) in [6.07, 6.45) is 8.53. The molecule has 2 aliphatic heterocycles. The Labute approximate surface area is 174 Å². The predicted octanol–water partition coefficient (Wildman–Crippen LogP) is 3.19. The van der Waals surface area contributed by atoms with Crippen molar-refractivity contribution in [2.24, 2.45) is 0 Å². The molecule has 4 rings (SSSR count). The van der Waals surface area contributed by atoms with Crippen LogP contribution in [0.4, 0.5) is 0 Å². The molecule has 1 N–H and O–H groups in total. The van der Waals surface area contributed by atoms with Crippen LogP contribution < -0.4 is 5.32 Å². The van der Waals surface area contributed by atoms with Gasteiger partial charge in [0.15, 0.2) is 0 Å². The van der Waals surface area contributed by atoms with Gasteiger partial charge in [0, 0.05) is 37.8 Å². The van der Waals surface area contributed by atoms with E-state index >= 15 is 0 Å². The summed E-state index contributed by atoms with van der Waals surface area (Å²) in [5.74, 6) is 0.941. The number of carbonyl (C=O) groups is 2. The van der Waals surface area contributed by atoms with Gasteiger partial charge in [0.05, 0.1) is 6.54 Å². The molecule has 2 heterocycles. The quantitative estimate of drug-likeness (QED) is 0.840. The van der Waals surface area contributed by atoms with Crippen molar-refractivity contribution >= 4 is 24.2 Å². The van der Waals surface area contributed by atoms with Gasteiger partial charge in [-0.2, -0.15) is 0 Å². The fourth-order valence-corrected chi connectivity index (χ4v) is 4.92. The van der Waals surface area contributed by atoms with Crippen molar-refractivity contribution in [3.05, 3.63) is 35.4 Å². The van der Waals surface area contributed by atoms with E-state index in [0.717, 1.165) is 38.0 Å². The van der Waals surface area contributed by atoms with Gasteiger partial charge in [-0.25, -0.2) is 0 Å². The smallest absolute Gasteiger partial charge is 0.253 e. The molecule has 3 fully saturated rings. The Hall–Kier alpha value is -1.59. The van der Waals surface area contributed by atoms with E-state index in [1.807, 2.05) is 21.9 Å². The van der Waals surface area contributed by atoms with E-state index in [1.165, 1.54) is 37.7 Å². The maximum Gasteiger partial charge on any atom is 0.253 e. The molecule has 2 amide bonds. The first-order chi connectivity index (χ1) is 13.2. The number of likely N-dealkylation sites (tertiary alicyclic amines) is 1. The highest BCUT2D eigenvalue weighted by molar-refractivity contribution is 5.94. The number of benzene rings is 1. The first-order valence-electron chi connectivity index (χ1n) is 10.6. The van der Waals surface area contributed by atoms with Crippen molar-refractivity contribution in [2.45, 2.75) is 56.9 Å². The number of hydrogen-bond donors (Lipinski definition) is 1. The van der Waals surface area contributed by atoms with Crippen LogP contribution in [0.2, 0.25) is 0 Å². The average molecular weight is 406 g/mol. The molecule has 1 atom stereocenters. The zero-order chi connectivity index (χ0) is 18.6. The molecule has 0 radical (unpaired) electrons. The molecule has 154 valence electrons. The van der Waals surface area contributed by atoms with E-state index < -0.39 is 0 Å². The summed E-state index contributed by atoms with van der Waals surface area (Å²) >= 11 is 0. The SMILES string of the molecule is Cl.O=C(c1ccc(C2CCCCC2)cc1)N1CCCC(N2CCNCC2=O)C1. The summed E-state index contributed by atoms with van der Waals surface area (Å²) in [5, 5.41) is 3.12. The Morgan fingerprint density at radius 3 is 2.43 bits per heavy atom. The van der Waals surface area contributed by atoms with Crippen LogP contribution in [0.25, 0.3) is 0 Å². The second-order valence-corrected chi connectivity index (χ2v) is 8.27. The predicted molar refractivity (Wildman–Crippen MR) is 113 cm³/mol. The lowest BCUT2D eigenvalue weighted by Gasteiger charge is -2.41. The van der Waals surface area contributed by atoms with Gasteiger partial charge >= 0.3 is 0 Å². The van der Waals surface area contributed by atoms with Crippen molar-refractivity contribution in [2.75, 3.05) is 32.7 Å². The lowest BCUT2D eigenvalue weighted by molar-refractivity contribution is -0.135. The minimum atomic E-state index is 0. The molecule has 1 saturated carbocycles. The number of piperidine rings is 1. The van der Waals surface area contributed by atoms with Gasteiger partial charge in [-0.3, -0.25) is 9.59 Å². The standard InChI is InChI=1S/C22H31N3O2.ClH/c26-21-15-23-12-14-25(21)20-7-4-13-24(16-20)22(27)19-10-8-18(9-11-19)17-5-2-1-3-6-17;/h8-11,17,20,23H,1-7,12-16H2;1H. The third-order valence-electron chi connectivity index (χ3n) is 6.48. The van der Waals surface area contributed by atoms with Crippen LogP contribution in [0, 0.1) is 0 Å². The Bertz CT molecular complexity index is 673. The van der Waals surface area contributed by atoms with Crippen LogP contribution in [-0.2, 0) is 4.79 Å². The number of amides is 2. The average Bonchev–Trinajstić information content (AvgIpc) is 2.74. The zero-order valence-electron chi connectivity index (χ0n) is 16.6. The highest BCUT2D eigenvalue weighted by Crippen LogP contribution is 2.32.